The molecular formula is C18H23N3OS2. The van der Waals surface area contributed by atoms with Gasteiger partial charge in [0.15, 0.2) is 0 Å². The Bertz CT molecular complexity index is 864. The van der Waals surface area contributed by atoms with E-state index in [-0.39, 0.29) is 4.75 Å². The Morgan fingerprint density at radius 2 is 1.88 bits per heavy atom. The zero-order chi connectivity index (χ0) is 17.5. The van der Waals surface area contributed by atoms with Gasteiger partial charge in [-0.3, -0.25) is 0 Å². The van der Waals surface area contributed by atoms with Gasteiger partial charge in [0.25, 0.3) is 0 Å². The summed E-state index contributed by atoms with van der Waals surface area (Å²) in [5.41, 5.74) is 7.61. The average molecular weight is 362 g/mol. The molecule has 0 saturated heterocycles. The molecule has 2 aromatic heterocycles. The van der Waals surface area contributed by atoms with Crippen LogP contribution in [-0.4, -0.2) is 27.2 Å². The zero-order valence-electron chi connectivity index (χ0n) is 14.7. The van der Waals surface area contributed by atoms with E-state index in [1.807, 2.05) is 18.2 Å². The number of thiazole rings is 1. The number of anilines is 1. The second kappa shape index (κ2) is 5.93. The second-order valence-corrected chi connectivity index (χ2v) is 11.9. The summed E-state index contributed by atoms with van der Waals surface area (Å²) >= 11 is 1.64. The number of pyridine rings is 1. The fourth-order valence-electron chi connectivity index (χ4n) is 1.98. The number of benzene rings is 1. The SMILES string of the molecule is CC(C)(C)S(C)(C)Oc1ccc2nc(-c3ccc(N)nc3)sc2c1. The maximum atomic E-state index is 6.34. The lowest BCUT2D eigenvalue weighted by molar-refractivity contribution is 0.587. The number of rotatable bonds is 3. The van der Waals surface area contributed by atoms with E-state index in [0.29, 0.717) is 5.82 Å². The first-order valence-corrected chi connectivity index (χ1v) is 10.9. The Morgan fingerprint density at radius 3 is 2.50 bits per heavy atom. The van der Waals surface area contributed by atoms with Gasteiger partial charge in [0.2, 0.25) is 0 Å². The Kier molecular flexibility index (Phi) is 4.21. The van der Waals surface area contributed by atoms with E-state index in [2.05, 4.69) is 49.3 Å². The van der Waals surface area contributed by atoms with E-state index >= 15 is 0 Å². The predicted octanol–water partition coefficient (Wildman–Crippen LogP) is 5.10. The van der Waals surface area contributed by atoms with E-state index in [0.717, 1.165) is 26.5 Å². The minimum absolute atomic E-state index is 0.121. The van der Waals surface area contributed by atoms with Crippen LogP contribution < -0.4 is 9.92 Å². The highest BCUT2D eigenvalue weighted by molar-refractivity contribution is 8.30. The predicted molar refractivity (Wildman–Crippen MR) is 107 cm³/mol. The lowest BCUT2D eigenvalue weighted by Crippen LogP contribution is -2.27. The van der Waals surface area contributed by atoms with E-state index in [4.69, 9.17) is 9.92 Å². The molecule has 0 aliphatic carbocycles. The number of hydrogen-bond acceptors (Lipinski definition) is 5. The molecule has 2 heterocycles. The first-order valence-electron chi connectivity index (χ1n) is 7.70. The first kappa shape index (κ1) is 17.0. The Morgan fingerprint density at radius 1 is 1.12 bits per heavy atom. The third-order valence-corrected chi connectivity index (χ3v) is 8.80. The molecule has 128 valence electrons. The van der Waals surface area contributed by atoms with Crippen LogP contribution in [0, 0.1) is 0 Å². The maximum absolute atomic E-state index is 6.34. The molecule has 0 aliphatic rings. The van der Waals surface area contributed by atoms with Crippen molar-refractivity contribution in [2.75, 3.05) is 18.2 Å². The van der Waals surface area contributed by atoms with Crippen molar-refractivity contribution < 1.29 is 4.18 Å². The standard InChI is InChI=1S/C18H23N3OS2/c1-18(2,3)24(4,5)22-13-7-8-14-15(10-13)23-17(21-14)12-6-9-16(19)20-11-12/h6-11H,1-5H3,(H2,19,20). The largest absolute Gasteiger partial charge is 0.449 e. The van der Waals surface area contributed by atoms with Gasteiger partial charge < -0.3 is 9.92 Å². The molecule has 3 aromatic rings. The van der Waals surface area contributed by atoms with Crippen molar-refractivity contribution in [3.8, 4) is 16.3 Å². The Labute approximate surface area is 148 Å². The molecule has 0 spiro atoms. The lowest BCUT2D eigenvalue weighted by Gasteiger charge is -2.43. The highest BCUT2D eigenvalue weighted by Crippen LogP contribution is 2.53. The van der Waals surface area contributed by atoms with Crippen molar-refractivity contribution in [1.29, 1.82) is 0 Å². The maximum Gasteiger partial charge on any atom is 0.136 e. The van der Waals surface area contributed by atoms with Crippen LogP contribution in [0.25, 0.3) is 20.8 Å². The summed E-state index contributed by atoms with van der Waals surface area (Å²) in [6.45, 7) is 6.67. The van der Waals surface area contributed by atoms with Gasteiger partial charge in [-0.15, -0.1) is 11.3 Å². The van der Waals surface area contributed by atoms with Crippen LogP contribution in [0.2, 0.25) is 0 Å². The third-order valence-electron chi connectivity index (χ3n) is 4.17. The third kappa shape index (κ3) is 3.35. The summed E-state index contributed by atoms with van der Waals surface area (Å²) in [5.74, 6) is 1.42. The van der Waals surface area contributed by atoms with E-state index in [9.17, 15) is 0 Å². The van der Waals surface area contributed by atoms with E-state index in [1.165, 1.54) is 0 Å². The van der Waals surface area contributed by atoms with Crippen molar-refractivity contribution >= 4 is 37.7 Å². The van der Waals surface area contributed by atoms with Crippen molar-refractivity contribution in [1.82, 2.24) is 9.97 Å². The molecule has 0 atom stereocenters. The normalized spacial score (nSPS) is 13.2. The van der Waals surface area contributed by atoms with Crippen LogP contribution in [-0.2, 0) is 0 Å². The van der Waals surface area contributed by atoms with Crippen LogP contribution in [0.4, 0.5) is 5.82 Å². The number of fused-ring (bicyclic) bond motifs is 1. The van der Waals surface area contributed by atoms with Gasteiger partial charge in [-0.05, 0) is 57.5 Å². The minimum Gasteiger partial charge on any atom is -0.449 e. The molecule has 3 rings (SSSR count). The number of nitrogens with two attached hydrogens (primary N) is 1. The second-order valence-electron chi connectivity index (χ2n) is 7.05. The summed E-state index contributed by atoms with van der Waals surface area (Å²) in [7, 11) is -1.21. The van der Waals surface area contributed by atoms with Crippen molar-refractivity contribution in [2.45, 2.75) is 25.5 Å². The molecule has 6 heteroatoms. The van der Waals surface area contributed by atoms with Crippen LogP contribution in [0.15, 0.2) is 36.5 Å². The molecule has 0 fully saturated rings. The van der Waals surface area contributed by atoms with Crippen LogP contribution in [0.1, 0.15) is 20.8 Å². The fourth-order valence-corrected chi connectivity index (χ4v) is 3.80. The molecule has 0 unspecified atom stereocenters. The summed E-state index contributed by atoms with van der Waals surface area (Å²) in [5, 5.41) is 0.942. The zero-order valence-corrected chi connectivity index (χ0v) is 16.3. The molecule has 0 aliphatic heterocycles. The van der Waals surface area contributed by atoms with Crippen LogP contribution in [0.5, 0.6) is 5.75 Å². The Balaban J connectivity index is 1.93. The summed E-state index contributed by atoms with van der Waals surface area (Å²) in [6.07, 6.45) is 6.17. The van der Waals surface area contributed by atoms with Crippen molar-refractivity contribution in [3.63, 3.8) is 0 Å². The lowest BCUT2D eigenvalue weighted by atomic mass is 10.3. The molecule has 2 N–H and O–H groups in total. The average Bonchev–Trinajstić information content (AvgIpc) is 2.89. The van der Waals surface area contributed by atoms with E-state index in [1.54, 1.807) is 23.6 Å². The molecule has 24 heavy (non-hydrogen) atoms. The molecule has 1 aromatic carbocycles. The molecule has 0 amide bonds. The van der Waals surface area contributed by atoms with Gasteiger partial charge in [0, 0.05) is 22.6 Å². The first-order chi connectivity index (χ1) is 11.2. The van der Waals surface area contributed by atoms with Crippen LogP contribution in [0.3, 0.4) is 0 Å². The highest BCUT2D eigenvalue weighted by Gasteiger charge is 2.30. The number of nitrogens with zero attached hydrogens (tertiary/aromatic N) is 2. The van der Waals surface area contributed by atoms with Crippen molar-refractivity contribution in [2.24, 2.45) is 0 Å². The summed E-state index contributed by atoms with van der Waals surface area (Å²) < 4.78 is 7.57. The topological polar surface area (TPSA) is 61.0 Å². The summed E-state index contributed by atoms with van der Waals surface area (Å²) in [4.78, 5) is 8.83. The van der Waals surface area contributed by atoms with Gasteiger partial charge in [0.1, 0.15) is 16.6 Å². The number of hydrogen-bond donors (Lipinski definition) is 1. The number of nitrogen functional groups attached to an aromatic ring is 1. The monoisotopic (exact) mass is 361 g/mol. The summed E-state index contributed by atoms with van der Waals surface area (Å²) in [6, 6.07) is 9.86. The highest BCUT2D eigenvalue weighted by atomic mass is 32.3. The van der Waals surface area contributed by atoms with Gasteiger partial charge in [0.05, 0.1) is 10.2 Å². The molecule has 0 saturated carbocycles. The van der Waals surface area contributed by atoms with Crippen LogP contribution >= 0.6 is 21.6 Å². The van der Waals surface area contributed by atoms with E-state index < -0.39 is 10.3 Å². The molecule has 0 bridgehead atoms. The molecule has 4 nitrogen and oxygen atoms in total. The minimum atomic E-state index is -1.21. The quantitative estimate of drug-likeness (QED) is 0.705. The number of aromatic nitrogens is 2. The van der Waals surface area contributed by atoms with Gasteiger partial charge in [-0.2, -0.15) is 0 Å². The Hall–Kier alpha value is -1.79. The van der Waals surface area contributed by atoms with Gasteiger partial charge >= 0.3 is 0 Å². The van der Waals surface area contributed by atoms with Gasteiger partial charge in [-0.1, -0.05) is 10.3 Å². The molecule has 0 radical (unpaired) electrons. The smallest absolute Gasteiger partial charge is 0.136 e. The molecular weight excluding hydrogens is 338 g/mol. The van der Waals surface area contributed by atoms with Crippen molar-refractivity contribution in [3.05, 3.63) is 36.5 Å². The fraction of sp³-hybridized carbons (Fsp3) is 0.333. The van der Waals surface area contributed by atoms with Gasteiger partial charge in [-0.25, -0.2) is 9.97 Å².